The van der Waals surface area contributed by atoms with Crippen molar-refractivity contribution in [3.63, 3.8) is 0 Å². The summed E-state index contributed by atoms with van der Waals surface area (Å²) in [6, 6.07) is 0. The lowest BCUT2D eigenvalue weighted by Crippen LogP contribution is -2.02. The van der Waals surface area contributed by atoms with E-state index in [4.69, 9.17) is 0 Å². The Morgan fingerprint density at radius 1 is 0.647 bits per heavy atom. The Labute approximate surface area is 112 Å². The van der Waals surface area contributed by atoms with E-state index in [2.05, 4.69) is 27.7 Å². The van der Waals surface area contributed by atoms with Crippen molar-refractivity contribution < 1.29 is 0 Å². The lowest BCUT2D eigenvalue weighted by Gasteiger charge is -2.16. The van der Waals surface area contributed by atoms with Crippen LogP contribution in [0.1, 0.15) is 91.9 Å². The molecule has 0 aromatic heterocycles. The smallest absolute Gasteiger partial charge is 0.0196 e. The van der Waals surface area contributed by atoms with Crippen molar-refractivity contribution in [2.75, 3.05) is 0 Å². The molecule has 1 radical (unpaired) electrons. The van der Waals surface area contributed by atoms with E-state index in [-0.39, 0.29) is 0 Å². The van der Waals surface area contributed by atoms with Gasteiger partial charge < -0.3 is 0 Å². The molecule has 0 heterocycles. The van der Waals surface area contributed by atoms with Crippen molar-refractivity contribution in [3.05, 3.63) is 0 Å². The van der Waals surface area contributed by atoms with Crippen molar-refractivity contribution in [2.24, 2.45) is 0 Å². The first-order valence-electron chi connectivity index (χ1n) is 7.90. The fourth-order valence-electron chi connectivity index (χ4n) is 2.32. The average Bonchev–Trinajstić information content (AvgIpc) is 2.30. The lowest BCUT2D eigenvalue weighted by atomic mass is 10.1. The summed E-state index contributed by atoms with van der Waals surface area (Å²) >= 11 is 0. The minimum absolute atomic E-state index is 0.924. The highest BCUT2D eigenvalue weighted by molar-refractivity contribution is 7.39. The molecule has 103 valence electrons. The largest absolute Gasteiger partial charge is 0.0747 e. The first-order chi connectivity index (χ1) is 8.20. The lowest BCUT2D eigenvalue weighted by molar-refractivity contribution is 0.616. The van der Waals surface area contributed by atoms with Crippen molar-refractivity contribution in [2.45, 2.75) is 103 Å². The Morgan fingerprint density at radius 2 is 1.06 bits per heavy atom. The van der Waals surface area contributed by atoms with Crippen molar-refractivity contribution in [1.29, 1.82) is 0 Å². The van der Waals surface area contributed by atoms with Gasteiger partial charge in [-0.05, 0) is 24.2 Å². The predicted molar refractivity (Wildman–Crippen MR) is 83.4 cm³/mol. The van der Waals surface area contributed by atoms with E-state index < -0.39 is 0 Å². The maximum absolute atomic E-state index is 2.44. The fraction of sp³-hybridized carbons (Fsp3) is 1.00. The maximum atomic E-state index is 2.44. The summed E-state index contributed by atoms with van der Waals surface area (Å²) in [6.07, 6.45) is 14.3. The topological polar surface area (TPSA) is 0 Å². The number of hydrogen-bond acceptors (Lipinski definition) is 0. The molecule has 0 rings (SSSR count). The van der Waals surface area contributed by atoms with Crippen LogP contribution in [-0.2, 0) is 0 Å². The Bertz CT molecular complexity index is 128. The minimum atomic E-state index is 0.924. The molecule has 0 aliphatic rings. The van der Waals surface area contributed by atoms with Crippen molar-refractivity contribution in [3.8, 4) is 0 Å². The molecule has 0 bridgehead atoms. The zero-order valence-electron chi connectivity index (χ0n) is 12.7. The molecular weight excluding hydrogens is 223 g/mol. The van der Waals surface area contributed by atoms with Crippen LogP contribution in [0.15, 0.2) is 0 Å². The van der Waals surface area contributed by atoms with Crippen molar-refractivity contribution in [1.82, 2.24) is 0 Å². The third kappa shape index (κ3) is 12.7. The fourth-order valence-corrected chi connectivity index (χ4v) is 3.85. The van der Waals surface area contributed by atoms with E-state index >= 15 is 0 Å². The molecule has 2 unspecified atom stereocenters. The summed E-state index contributed by atoms with van der Waals surface area (Å²) in [5.41, 5.74) is 1.85. The highest BCUT2D eigenvalue weighted by atomic mass is 31.1. The molecule has 1 heteroatoms. The molecule has 0 aliphatic carbocycles. The zero-order chi connectivity index (χ0) is 12.9. The molecule has 0 saturated heterocycles. The SMILES string of the molecule is CCCCCCC(C)[P]C(C)CCCCCC. The molecule has 17 heavy (non-hydrogen) atoms. The van der Waals surface area contributed by atoms with Crippen LogP contribution in [0.2, 0.25) is 0 Å². The van der Waals surface area contributed by atoms with Gasteiger partial charge in [0, 0.05) is 0 Å². The third-order valence-electron chi connectivity index (χ3n) is 3.46. The van der Waals surface area contributed by atoms with Gasteiger partial charge in [-0.2, -0.15) is 0 Å². The van der Waals surface area contributed by atoms with Crippen LogP contribution in [0.4, 0.5) is 0 Å². The number of unbranched alkanes of at least 4 members (excludes halogenated alkanes) is 6. The summed E-state index contributed by atoms with van der Waals surface area (Å²) in [5.74, 6) is 0. The monoisotopic (exact) mass is 257 g/mol. The molecule has 0 aromatic carbocycles. The molecule has 0 amide bonds. The second kappa shape index (κ2) is 12.9. The zero-order valence-corrected chi connectivity index (χ0v) is 13.6. The molecule has 0 aliphatic heterocycles. The number of rotatable bonds is 12. The maximum Gasteiger partial charge on any atom is -0.0196 e. The molecule has 0 aromatic rings. The molecule has 0 fully saturated rings. The van der Waals surface area contributed by atoms with E-state index in [0.29, 0.717) is 0 Å². The average molecular weight is 257 g/mol. The van der Waals surface area contributed by atoms with Gasteiger partial charge in [-0.3, -0.25) is 0 Å². The van der Waals surface area contributed by atoms with Crippen LogP contribution < -0.4 is 0 Å². The molecule has 0 saturated carbocycles. The van der Waals surface area contributed by atoms with Gasteiger partial charge in [0.1, 0.15) is 0 Å². The Kier molecular flexibility index (Phi) is 13.2. The highest BCUT2D eigenvalue weighted by Gasteiger charge is 2.08. The van der Waals surface area contributed by atoms with Gasteiger partial charge in [-0.15, -0.1) is 0 Å². The summed E-state index contributed by atoms with van der Waals surface area (Å²) in [4.78, 5) is 0. The van der Waals surface area contributed by atoms with Gasteiger partial charge >= 0.3 is 0 Å². The van der Waals surface area contributed by atoms with Gasteiger partial charge in [0.2, 0.25) is 0 Å². The summed E-state index contributed by atoms with van der Waals surface area (Å²) in [6.45, 7) is 9.46. The van der Waals surface area contributed by atoms with Gasteiger partial charge in [-0.1, -0.05) is 87.6 Å². The van der Waals surface area contributed by atoms with E-state index in [1.807, 2.05) is 0 Å². The third-order valence-corrected chi connectivity index (χ3v) is 4.99. The van der Waals surface area contributed by atoms with Crippen LogP contribution in [0, 0.1) is 0 Å². The minimum Gasteiger partial charge on any atom is -0.0747 e. The number of hydrogen-bond donors (Lipinski definition) is 0. The van der Waals surface area contributed by atoms with E-state index in [1.54, 1.807) is 8.58 Å². The van der Waals surface area contributed by atoms with E-state index in [1.165, 1.54) is 64.2 Å². The van der Waals surface area contributed by atoms with Gasteiger partial charge in [0.05, 0.1) is 0 Å². The predicted octanol–water partition coefficient (Wildman–Crippen LogP) is 6.65. The quantitative estimate of drug-likeness (QED) is 0.271. The molecule has 0 nitrogen and oxygen atoms in total. The van der Waals surface area contributed by atoms with Crippen LogP contribution in [0.25, 0.3) is 0 Å². The summed E-state index contributed by atoms with van der Waals surface area (Å²) < 4.78 is 0. The van der Waals surface area contributed by atoms with E-state index in [9.17, 15) is 0 Å². The van der Waals surface area contributed by atoms with Crippen LogP contribution in [-0.4, -0.2) is 11.3 Å². The Hall–Kier alpha value is 0.430. The molecule has 0 spiro atoms. The summed E-state index contributed by atoms with van der Waals surface area (Å²) in [5, 5.41) is 0. The van der Waals surface area contributed by atoms with Gasteiger partial charge in [-0.25, -0.2) is 0 Å². The molecular formula is C16H34P. The van der Waals surface area contributed by atoms with E-state index in [0.717, 1.165) is 11.3 Å². The Morgan fingerprint density at radius 3 is 1.41 bits per heavy atom. The van der Waals surface area contributed by atoms with Crippen LogP contribution in [0.5, 0.6) is 0 Å². The second-order valence-corrected chi connectivity index (χ2v) is 7.61. The first-order valence-corrected chi connectivity index (χ1v) is 8.93. The normalized spacial score (nSPS) is 15.5. The van der Waals surface area contributed by atoms with Crippen LogP contribution in [0.3, 0.4) is 0 Å². The van der Waals surface area contributed by atoms with Crippen molar-refractivity contribution >= 4 is 8.58 Å². The molecule has 0 N–H and O–H groups in total. The molecule has 2 atom stereocenters. The Balaban J connectivity index is 3.35. The summed E-state index contributed by atoms with van der Waals surface area (Å²) in [7, 11) is 1.71. The first kappa shape index (κ1) is 17.4. The standard InChI is InChI=1S/C16H34P/c1-5-7-9-11-13-15(3)17-16(4)14-12-10-8-6-2/h15-16H,5-14H2,1-4H3. The van der Waals surface area contributed by atoms with Crippen LogP contribution >= 0.6 is 8.58 Å². The van der Waals surface area contributed by atoms with Gasteiger partial charge in [0.25, 0.3) is 0 Å². The van der Waals surface area contributed by atoms with Gasteiger partial charge in [0.15, 0.2) is 0 Å². The second-order valence-electron chi connectivity index (χ2n) is 5.55. The highest BCUT2D eigenvalue weighted by Crippen LogP contribution is 2.31.